The standard InChI is InChI=1S/C26H32ClN5O2/c1-25(2)14-19(11-12-34-25)32-22(33)15-26(3,29-24(32)28)20-6-4-5-17(23(20)27)13-18-9-10-21(31-30-18)16-7-8-16/h4-6,9-10,16,19H,7-8,11-15H2,1-3H3,(H2,28,29)/t19-,26-/m0/s1. The van der Waals surface area contributed by atoms with Gasteiger partial charge < -0.3 is 10.5 Å². The van der Waals surface area contributed by atoms with Crippen LogP contribution >= 0.6 is 11.6 Å². The van der Waals surface area contributed by atoms with Gasteiger partial charge in [-0.2, -0.15) is 10.2 Å². The first-order valence-electron chi connectivity index (χ1n) is 12.1. The van der Waals surface area contributed by atoms with Crippen molar-refractivity contribution in [2.75, 3.05) is 6.61 Å². The van der Waals surface area contributed by atoms with E-state index in [0.717, 1.165) is 35.4 Å². The number of nitrogens with two attached hydrogens (primary N) is 1. The molecule has 180 valence electrons. The largest absolute Gasteiger partial charge is 0.375 e. The molecule has 0 unspecified atom stereocenters. The van der Waals surface area contributed by atoms with Crippen LogP contribution in [0.2, 0.25) is 5.02 Å². The highest BCUT2D eigenvalue weighted by Gasteiger charge is 2.43. The quantitative estimate of drug-likeness (QED) is 0.686. The molecule has 7 nitrogen and oxygen atoms in total. The Kier molecular flexibility index (Phi) is 5.89. The number of amides is 1. The summed E-state index contributed by atoms with van der Waals surface area (Å²) in [5, 5.41) is 9.39. The Morgan fingerprint density at radius 1 is 1.15 bits per heavy atom. The molecule has 5 rings (SSSR count). The van der Waals surface area contributed by atoms with Crippen molar-refractivity contribution in [3.05, 3.63) is 57.9 Å². The van der Waals surface area contributed by atoms with Crippen LogP contribution < -0.4 is 5.73 Å². The maximum absolute atomic E-state index is 13.3. The molecule has 34 heavy (non-hydrogen) atoms. The average molecular weight is 482 g/mol. The van der Waals surface area contributed by atoms with Gasteiger partial charge in [0.15, 0.2) is 5.96 Å². The van der Waals surface area contributed by atoms with Gasteiger partial charge in [-0.25, -0.2) is 4.99 Å². The van der Waals surface area contributed by atoms with Crippen molar-refractivity contribution < 1.29 is 9.53 Å². The topological polar surface area (TPSA) is 93.7 Å². The Balaban J connectivity index is 1.39. The number of aliphatic imine (C=N–C) groups is 1. The van der Waals surface area contributed by atoms with Crippen LogP contribution in [0.3, 0.4) is 0 Å². The Labute approximate surface area is 205 Å². The van der Waals surface area contributed by atoms with Gasteiger partial charge in [-0.3, -0.25) is 9.69 Å². The van der Waals surface area contributed by atoms with E-state index < -0.39 is 5.54 Å². The van der Waals surface area contributed by atoms with E-state index in [1.807, 2.05) is 45.0 Å². The lowest BCUT2D eigenvalue weighted by Crippen LogP contribution is -2.57. The van der Waals surface area contributed by atoms with Crippen LogP contribution in [0.5, 0.6) is 0 Å². The number of carbonyl (C=O) groups is 1. The lowest BCUT2D eigenvalue weighted by Gasteiger charge is -2.44. The van der Waals surface area contributed by atoms with Gasteiger partial charge in [-0.05, 0) is 69.7 Å². The van der Waals surface area contributed by atoms with Gasteiger partial charge in [0.05, 0.1) is 28.9 Å². The Hall–Kier alpha value is -2.51. The second kappa shape index (κ2) is 8.61. The normalized spacial score (nSPS) is 26.9. The molecule has 0 radical (unpaired) electrons. The average Bonchev–Trinajstić information content (AvgIpc) is 3.60. The van der Waals surface area contributed by atoms with Gasteiger partial charge in [0, 0.05) is 30.0 Å². The van der Waals surface area contributed by atoms with Gasteiger partial charge in [0.25, 0.3) is 0 Å². The Morgan fingerprint density at radius 2 is 1.94 bits per heavy atom. The fourth-order valence-corrected chi connectivity index (χ4v) is 5.60. The minimum atomic E-state index is -0.826. The summed E-state index contributed by atoms with van der Waals surface area (Å²) < 4.78 is 5.82. The number of halogens is 1. The monoisotopic (exact) mass is 481 g/mol. The van der Waals surface area contributed by atoms with E-state index >= 15 is 0 Å². The van der Waals surface area contributed by atoms with Crippen LogP contribution in [-0.2, 0) is 21.5 Å². The van der Waals surface area contributed by atoms with Gasteiger partial charge in [0.2, 0.25) is 5.91 Å². The fourth-order valence-electron chi connectivity index (χ4n) is 5.21. The second-order valence-corrected chi connectivity index (χ2v) is 11.0. The molecule has 1 saturated carbocycles. The molecule has 1 aliphatic carbocycles. The van der Waals surface area contributed by atoms with Crippen LogP contribution in [0.4, 0.5) is 0 Å². The van der Waals surface area contributed by atoms with E-state index in [1.165, 1.54) is 12.8 Å². The van der Waals surface area contributed by atoms with Crippen molar-refractivity contribution >= 4 is 23.5 Å². The molecule has 2 atom stereocenters. The number of aromatic nitrogens is 2. The van der Waals surface area contributed by atoms with Gasteiger partial charge in [-0.1, -0.05) is 29.8 Å². The molecule has 3 aliphatic rings. The van der Waals surface area contributed by atoms with E-state index in [1.54, 1.807) is 4.90 Å². The van der Waals surface area contributed by atoms with E-state index in [4.69, 9.17) is 27.1 Å². The summed E-state index contributed by atoms with van der Waals surface area (Å²) in [6.45, 7) is 6.61. The number of benzene rings is 1. The van der Waals surface area contributed by atoms with E-state index in [0.29, 0.717) is 24.0 Å². The SMILES string of the molecule is CC1(C)C[C@@H](N2C(=O)C[C@@](C)(c3cccc(Cc4ccc(C5CC5)nn4)c3Cl)N=C2N)CCO1. The van der Waals surface area contributed by atoms with Crippen molar-refractivity contribution in [3.8, 4) is 0 Å². The third-order valence-electron chi connectivity index (χ3n) is 7.18. The molecule has 2 aliphatic heterocycles. The van der Waals surface area contributed by atoms with Crippen LogP contribution in [0.1, 0.15) is 81.3 Å². The smallest absolute Gasteiger partial charge is 0.232 e. The number of hydrogen-bond acceptors (Lipinski definition) is 6. The van der Waals surface area contributed by atoms with Crippen LogP contribution in [-0.4, -0.2) is 45.2 Å². The highest BCUT2D eigenvalue weighted by molar-refractivity contribution is 6.32. The Bertz CT molecular complexity index is 1130. The molecule has 1 aromatic carbocycles. The number of nitrogens with zero attached hydrogens (tertiary/aromatic N) is 4. The summed E-state index contributed by atoms with van der Waals surface area (Å²) in [4.78, 5) is 19.8. The van der Waals surface area contributed by atoms with Crippen molar-refractivity contribution in [1.82, 2.24) is 15.1 Å². The minimum Gasteiger partial charge on any atom is -0.375 e. The molecular weight excluding hydrogens is 450 g/mol. The fraction of sp³-hybridized carbons (Fsp3) is 0.538. The maximum Gasteiger partial charge on any atom is 0.232 e. The lowest BCUT2D eigenvalue weighted by atomic mass is 9.85. The zero-order valence-electron chi connectivity index (χ0n) is 20.1. The first kappa shape index (κ1) is 23.2. The third kappa shape index (κ3) is 4.56. The molecule has 8 heteroatoms. The first-order chi connectivity index (χ1) is 16.2. The molecule has 2 fully saturated rings. The molecule has 0 spiro atoms. The van der Waals surface area contributed by atoms with Crippen LogP contribution in [0.25, 0.3) is 0 Å². The van der Waals surface area contributed by atoms with Gasteiger partial charge >= 0.3 is 0 Å². The molecule has 1 aromatic heterocycles. The lowest BCUT2D eigenvalue weighted by molar-refractivity contribution is -0.136. The zero-order chi connectivity index (χ0) is 24.1. The molecule has 2 aromatic rings. The number of ether oxygens (including phenoxy) is 1. The summed E-state index contributed by atoms with van der Waals surface area (Å²) in [5.41, 5.74) is 8.96. The molecule has 0 bridgehead atoms. The van der Waals surface area contributed by atoms with Crippen molar-refractivity contribution in [1.29, 1.82) is 0 Å². The summed E-state index contributed by atoms with van der Waals surface area (Å²) in [6.07, 6.45) is 4.65. The predicted molar refractivity (Wildman–Crippen MR) is 132 cm³/mol. The number of rotatable bonds is 5. The summed E-state index contributed by atoms with van der Waals surface area (Å²) in [7, 11) is 0. The molecule has 3 heterocycles. The predicted octanol–water partition coefficient (Wildman–Crippen LogP) is 4.32. The third-order valence-corrected chi connectivity index (χ3v) is 7.62. The summed E-state index contributed by atoms with van der Waals surface area (Å²) in [6, 6.07) is 9.96. The number of guanidine groups is 1. The minimum absolute atomic E-state index is 0.0106. The number of hydrogen-bond donors (Lipinski definition) is 1. The zero-order valence-corrected chi connectivity index (χ0v) is 20.8. The van der Waals surface area contributed by atoms with Crippen LogP contribution in [0.15, 0.2) is 35.3 Å². The van der Waals surface area contributed by atoms with Crippen LogP contribution in [0, 0.1) is 0 Å². The number of carbonyl (C=O) groups excluding carboxylic acids is 1. The van der Waals surface area contributed by atoms with E-state index in [2.05, 4.69) is 16.3 Å². The molecule has 1 amide bonds. The molecule has 2 N–H and O–H groups in total. The molecular formula is C26H32ClN5O2. The first-order valence-corrected chi connectivity index (χ1v) is 12.4. The summed E-state index contributed by atoms with van der Waals surface area (Å²) >= 11 is 6.89. The van der Waals surface area contributed by atoms with Crippen molar-refractivity contribution in [2.24, 2.45) is 10.7 Å². The van der Waals surface area contributed by atoms with Gasteiger partial charge in [0.1, 0.15) is 0 Å². The second-order valence-electron chi connectivity index (χ2n) is 10.6. The Morgan fingerprint density at radius 3 is 2.59 bits per heavy atom. The van der Waals surface area contributed by atoms with Gasteiger partial charge in [-0.15, -0.1) is 0 Å². The van der Waals surface area contributed by atoms with E-state index in [9.17, 15) is 4.79 Å². The maximum atomic E-state index is 13.3. The highest BCUT2D eigenvalue weighted by Crippen LogP contribution is 2.41. The van der Waals surface area contributed by atoms with E-state index in [-0.39, 0.29) is 29.9 Å². The van der Waals surface area contributed by atoms with Crippen molar-refractivity contribution in [2.45, 2.75) is 82.4 Å². The summed E-state index contributed by atoms with van der Waals surface area (Å²) in [5.74, 6) is 0.803. The highest BCUT2D eigenvalue weighted by atomic mass is 35.5. The van der Waals surface area contributed by atoms with Crippen molar-refractivity contribution in [3.63, 3.8) is 0 Å². The molecule has 1 saturated heterocycles.